The first-order valence-corrected chi connectivity index (χ1v) is 11.5. The zero-order chi connectivity index (χ0) is 23.7. The van der Waals surface area contributed by atoms with Crippen molar-refractivity contribution < 1.29 is 27.1 Å². The Hall–Kier alpha value is -4.38. The summed E-state index contributed by atoms with van der Waals surface area (Å²) in [6.07, 6.45) is 0. The molecule has 34 heavy (non-hydrogen) atoms. The number of fused-ring (bicyclic) bond motifs is 1. The Morgan fingerprint density at radius 2 is 1.68 bits per heavy atom. The van der Waals surface area contributed by atoms with Gasteiger partial charge in [-0.2, -0.15) is 0 Å². The summed E-state index contributed by atoms with van der Waals surface area (Å²) in [5, 5.41) is 10.3. The maximum atomic E-state index is 12.9. The molecular weight excluding hydrogens is 460 g/mol. The van der Waals surface area contributed by atoms with Gasteiger partial charge in [0, 0.05) is 18.2 Å². The van der Waals surface area contributed by atoms with Gasteiger partial charge in [0.2, 0.25) is 12.7 Å². The largest absolute Gasteiger partial charge is 0.454 e. The highest BCUT2D eigenvalue weighted by atomic mass is 32.2. The van der Waals surface area contributed by atoms with Crippen LogP contribution >= 0.6 is 0 Å². The second kappa shape index (κ2) is 8.52. The van der Waals surface area contributed by atoms with E-state index in [1.54, 1.807) is 48.5 Å². The van der Waals surface area contributed by atoms with Crippen molar-refractivity contribution in [3.8, 4) is 23.0 Å². The van der Waals surface area contributed by atoms with E-state index in [9.17, 15) is 13.2 Å². The van der Waals surface area contributed by atoms with Gasteiger partial charge in [-0.1, -0.05) is 23.3 Å². The quantitative estimate of drug-likeness (QED) is 0.446. The Morgan fingerprint density at radius 3 is 2.44 bits per heavy atom. The van der Waals surface area contributed by atoms with Crippen LogP contribution in [0.5, 0.6) is 11.5 Å². The number of nitrogens with zero attached hydrogens (tertiary/aromatic N) is 3. The summed E-state index contributed by atoms with van der Waals surface area (Å²) in [7, 11) is -2.31. The highest BCUT2D eigenvalue weighted by Gasteiger charge is 2.22. The number of aromatic nitrogens is 2. The normalized spacial score (nSPS) is 12.4. The molecular formula is C23H18N4O6S. The molecule has 0 fully saturated rings. The van der Waals surface area contributed by atoms with Crippen LogP contribution in [0.4, 0.5) is 11.7 Å². The third kappa shape index (κ3) is 4.04. The van der Waals surface area contributed by atoms with Crippen molar-refractivity contribution in [2.75, 3.05) is 23.5 Å². The molecule has 0 radical (unpaired) electrons. The van der Waals surface area contributed by atoms with Gasteiger partial charge in [-0.3, -0.25) is 14.4 Å². The number of nitrogens with one attached hydrogen (secondary N) is 1. The van der Waals surface area contributed by atoms with Crippen molar-refractivity contribution in [2.45, 2.75) is 4.90 Å². The second-order valence-corrected chi connectivity index (χ2v) is 9.24. The van der Waals surface area contributed by atoms with Gasteiger partial charge < -0.3 is 13.9 Å². The average molecular weight is 478 g/mol. The Kier molecular flexibility index (Phi) is 5.38. The topological polar surface area (TPSA) is 124 Å². The number of rotatable bonds is 6. The number of amides is 1. The van der Waals surface area contributed by atoms with Gasteiger partial charge in [-0.05, 0) is 54.6 Å². The molecule has 1 N–H and O–H groups in total. The average Bonchev–Trinajstić information content (AvgIpc) is 3.53. The smallest absolute Gasteiger partial charge is 0.322 e. The van der Waals surface area contributed by atoms with E-state index < -0.39 is 15.9 Å². The van der Waals surface area contributed by atoms with Crippen LogP contribution in [-0.4, -0.2) is 38.4 Å². The number of hydrogen-bond donors (Lipinski definition) is 1. The number of para-hydroxylation sites is 1. The monoisotopic (exact) mass is 478 g/mol. The molecule has 0 saturated heterocycles. The lowest BCUT2D eigenvalue weighted by atomic mass is 10.2. The fraction of sp³-hybridized carbons (Fsp3) is 0.0870. The second-order valence-electron chi connectivity index (χ2n) is 7.27. The third-order valence-corrected chi connectivity index (χ3v) is 6.96. The molecule has 10 nitrogen and oxygen atoms in total. The fourth-order valence-corrected chi connectivity index (χ4v) is 4.50. The van der Waals surface area contributed by atoms with Crippen molar-refractivity contribution in [2.24, 2.45) is 0 Å². The Balaban J connectivity index is 1.29. The van der Waals surface area contributed by atoms with Crippen molar-refractivity contribution in [3.05, 3.63) is 78.4 Å². The van der Waals surface area contributed by atoms with Crippen LogP contribution in [0.2, 0.25) is 0 Å². The molecule has 0 atom stereocenters. The van der Waals surface area contributed by atoms with Crippen LogP contribution < -0.4 is 19.1 Å². The van der Waals surface area contributed by atoms with Gasteiger partial charge in [0.05, 0.1) is 10.6 Å². The zero-order valence-electron chi connectivity index (χ0n) is 17.8. The maximum absolute atomic E-state index is 12.9. The van der Waals surface area contributed by atoms with Gasteiger partial charge >= 0.3 is 6.01 Å². The Bertz CT molecular complexity index is 1450. The number of sulfonamides is 1. The number of carbonyl (C=O) groups is 1. The molecule has 0 spiro atoms. The fourth-order valence-electron chi connectivity index (χ4n) is 3.30. The number of ether oxygens (including phenoxy) is 2. The first kappa shape index (κ1) is 21.5. The summed E-state index contributed by atoms with van der Waals surface area (Å²) in [5.74, 6) is 0.853. The summed E-state index contributed by atoms with van der Waals surface area (Å²) >= 11 is 0. The van der Waals surface area contributed by atoms with Crippen molar-refractivity contribution in [3.63, 3.8) is 0 Å². The highest BCUT2D eigenvalue weighted by Crippen LogP contribution is 2.35. The molecule has 1 aromatic heterocycles. The zero-order valence-corrected chi connectivity index (χ0v) is 18.7. The summed E-state index contributed by atoms with van der Waals surface area (Å²) in [4.78, 5) is 12.6. The Labute approximate surface area is 194 Å². The van der Waals surface area contributed by atoms with Crippen LogP contribution in [-0.2, 0) is 10.0 Å². The van der Waals surface area contributed by atoms with Crippen molar-refractivity contribution in [1.29, 1.82) is 0 Å². The Morgan fingerprint density at radius 1 is 0.941 bits per heavy atom. The van der Waals surface area contributed by atoms with Crippen LogP contribution in [0.1, 0.15) is 10.4 Å². The predicted molar refractivity (Wildman–Crippen MR) is 122 cm³/mol. The lowest BCUT2D eigenvalue weighted by molar-refractivity contribution is 0.102. The lowest BCUT2D eigenvalue weighted by Gasteiger charge is -2.19. The molecule has 2 heterocycles. The van der Waals surface area contributed by atoms with E-state index in [-0.39, 0.29) is 29.2 Å². The molecule has 0 bridgehead atoms. The standard InChI is InChI=1S/C23H18N4O6S/c1-27(17-5-3-2-4-6-17)34(29,30)18-10-7-15(8-11-18)21(28)24-23-26-25-22(33-23)16-9-12-19-20(13-16)32-14-31-19/h2-13H,14H2,1H3,(H,24,26,28). The van der Waals surface area contributed by atoms with E-state index in [2.05, 4.69) is 15.5 Å². The molecule has 11 heteroatoms. The van der Waals surface area contributed by atoms with Gasteiger partial charge in [0.25, 0.3) is 15.9 Å². The van der Waals surface area contributed by atoms with Gasteiger partial charge in [0.15, 0.2) is 11.5 Å². The summed E-state index contributed by atoms with van der Waals surface area (Å²) in [5.41, 5.74) is 1.36. The number of benzene rings is 3. The summed E-state index contributed by atoms with van der Waals surface area (Å²) < 4.78 is 43.1. The van der Waals surface area contributed by atoms with Crippen LogP contribution in [0, 0.1) is 0 Å². The molecule has 1 aliphatic heterocycles. The molecule has 1 aliphatic rings. The van der Waals surface area contributed by atoms with Crippen LogP contribution in [0.3, 0.4) is 0 Å². The SMILES string of the molecule is CN(c1ccccc1)S(=O)(=O)c1ccc(C(=O)Nc2nnc(-c3ccc4c(c3)OCO4)o2)cc1. The lowest BCUT2D eigenvalue weighted by Crippen LogP contribution is -2.26. The minimum absolute atomic E-state index is 0.0540. The van der Waals surface area contributed by atoms with E-state index in [4.69, 9.17) is 13.9 Å². The number of carbonyl (C=O) groups excluding carboxylic acids is 1. The van der Waals surface area contributed by atoms with Gasteiger partial charge in [-0.25, -0.2) is 8.42 Å². The third-order valence-electron chi connectivity index (χ3n) is 5.16. The van der Waals surface area contributed by atoms with E-state index in [0.29, 0.717) is 22.7 Å². The first-order valence-electron chi connectivity index (χ1n) is 10.1. The molecule has 172 valence electrons. The number of hydrogen-bond acceptors (Lipinski definition) is 8. The molecule has 4 aromatic rings. The number of anilines is 2. The molecule has 0 aliphatic carbocycles. The molecule has 1 amide bonds. The van der Waals surface area contributed by atoms with Crippen molar-refractivity contribution >= 4 is 27.6 Å². The summed E-state index contributed by atoms with van der Waals surface area (Å²) in [6.45, 7) is 0.145. The first-order chi connectivity index (χ1) is 16.4. The maximum Gasteiger partial charge on any atom is 0.322 e. The van der Waals surface area contributed by atoms with Gasteiger partial charge in [0.1, 0.15) is 0 Å². The molecule has 0 saturated carbocycles. The van der Waals surface area contributed by atoms with E-state index in [1.807, 2.05) is 0 Å². The molecule has 0 unspecified atom stereocenters. The van der Waals surface area contributed by atoms with Crippen LogP contribution in [0.25, 0.3) is 11.5 Å². The van der Waals surface area contributed by atoms with Gasteiger partial charge in [-0.15, -0.1) is 5.10 Å². The minimum Gasteiger partial charge on any atom is -0.454 e. The summed E-state index contributed by atoms with van der Waals surface area (Å²) in [6, 6.07) is 19.3. The molecule has 5 rings (SSSR count). The molecule has 3 aromatic carbocycles. The van der Waals surface area contributed by atoms with E-state index in [1.165, 1.54) is 35.6 Å². The minimum atomic E-state index is -3.78. The highest BCUT2D eigenvalue weighted by molar-refractivity contribution is 7.92. The van der Waals surface area contributed by atoms with Crippen LogP contribution in [0.15, 0.2) is 82.1 Å². The predicted octanol–water partition coefficient (Wildman–Crippen LogP) is 3.54. The van der Waals surface area contributed by atoms with E-state index in [0.717, 1.165) is 0 Å². The van der Waals surface area contributed by atoms with E-state index >= 15 is 0 Å². The van der Waals surface area contributed by atoms with Crippen molar-refractivity contribution in [1.82, 2.24) is 10.2 Å².